The number of rotatable bonds is 3. The molecule has 0 amide bonds. The Kier molecular flexibility index (Phi) is 3.28. The first-order valence-corrected chi connectivity index (χ1v) is 5.46. The van der Waals surface area contributed by atoms with Gasteiger partial charge in [-0.1, -0.05) is 25.1 Å². The van der Waals surface area contributed by atoms with Gasteiger partial charge in [0.05, 0.1) is 0 Å². The summed E-state index contributed by atoms with van der Waals surface area (Å²) in [4.78, 5) is 15.1. The van der Waals surface area contributed by atoms with Gasteiger partial charge in [-0.05, 0) is 23.3 Å². The number of aromatic nitrogens is 1. The number of carbonyl (C=O) groups is 1. The molecule has 86 valence electrons. The van der Waals surface area contributed by atoms with Crippen molar-refractivity contribution in [2.75, 3.05) is 0 Å². The number of halogens is 1. The molecular weight excluding hydrogens is 217 g/mol. The number of nitrogens with zero attached hydrogens (tertiary/aromatic N) is 1. The molecule has 0 aliphatic carbocycles. The SMILES string of the molecule is CCC(=O)c1cccc(-c2ccnc(F)c2)c1. The van der Waals surface area contributed by atoms with E-state index >= 15 is 0 Å². The number of ketones is 1. The van der Waals surface area contributed by atoms with Gasteiger partial charge >= 0.3 is 0 Å². The fourth-order valence-electron chi connectivity index (χ4n) is 1.66. The van der Waals surface area contributed by atoms with Crippen LogP contribution >= 0.6 is 0 Å². The molecule has 0 saturated carbocycles. The van der Waals surface area contributed by atoms with E-state index in [-0.39, 0.29) is 5.78 Å². The summed E-state index contributed by atoms with van der Waals surface area (Å²) in [5.41, 5.74) is 2.20. The van der Waals surface area contributed by atoms with E-state index in [2.05, 4.69) is 4.98 Å². The third-order valence-corrected chi connectivity index (χ3v) is 2.57. The van der Waals surface area contributed by atoms with Gasteiger partial charge in [0.15, 0.2) is 5.78 Å². The molecule has 2 aromatic rings. The van der Waals surface area contributed by atoms with Gasteiger partial charge in [0.2, 0.25) is 5.95 Å². The van der Waals surface area contributed by atoms with Crippen LogP contribution in [0.3, 0.4) is 0 Å². The predicted octanol–water partition coefficient (Wildman–Crippen LogP) is 3.48. The summed E-state index contributed by atoms with van der Waals surface area (Å²) in [7, 11) is 0. The molecule has 1 heterocycles. The maximum absolute atomic E-state index is 13.0. The first-order chi connectivity index (χ1) is 8.20. The van der Waals surface area contributed by atoms with Gasteiger partial charge in [-0.3, -0.25) is 4.79 Å². The Bertz CT molecular complexity index is 551. The predicted molar refractivity (Wildman–Crippen MR) is 64.3 cm³/mol. The number of benzene rings is 1. The molecule has 0 fully saturated rings. The molecule has 0 unspecified atom stereocenters. The van der Waals surface area contributed by atoms with Crippen molar-refractivity contribution in [1.29, 1.82) is 0 Å². The summed E-state index contributed by atoms with van der Waals surface area (Å²) in [6, 6.07) is 10.3. The van der Waals surface area contributed by atoms with Crippen LogP contribution in [0.4, 0.5) is 4.39 Å². The van der Waals surface area contributed by atoms with Crippen molar-refractivity contribution in [3.05, 3.63) is 54.1 Å². The second kappa shape index (κ2) is 4.87. The molecule has 0 spiro atoms. The Morgan fingerprint density at radius 3 is 2.71 bits per heavy atom. The topological polar surface area (TPSA) is 30.0 Å². The molecule has 2 nitrogen and oxygen atoms in total. The molecule has 0 aliphatic rings. The largest absolute Gasteiger partial charge is 0.294 e. The minimum atomic E-state index is -0.519. The van der Waals surface area contributed by atoms with Crippen LogP contribution in [0.25, 0.3) is 11.1 Å². The summed E-state index contributed by atoms with van der Waals surface area (Å²) in [6.45, 7) is 1.82. The second-order valence-corrected chi connectivity index (χ2v) is 3.72. The fraction of sp³-hybridized carbons (Fsp3) is 0.143. The maximum atomic E-state index is 13.0. The minimum absolute atomic E-state index is 0.0846. The van der Waals surface area contributed by atoms with Crippen molar-refractivity contribution in [3.63, 3.8) is 0 Å². The summed E-state index contributed by atoms with van der Waals surface area (Å²) >= 11 is 0. The third kappa shape index (κ3) is 2.56. The molecule has 2 rings (SSSR count). The third-order valence-electron chi connectivity index (χ3n) is 2.57. The molecule has 1 aromatic heterocycles. The van der Waals surface area contributed by atoms with Crippen molar-refractivity contribution in [2.24, 2.45) is 0 Å². The molecule has 3 heteroatoms. The van der Waals surface area contributed by atoms with E-state index in [4.69, 9.17) is 0 Å². The van der Waals surface area contributed by atoms with Crippen LogP contribution in [0.5, 0.6) is 0 Å². The standard InChI is InChI=1S/C14H12FNO/c1-2-13(17)12-5-3-4-10(8-12)11-6-7-16-14(15)9-11/h3-9H,2H2,1H3. The molecule has 0 saturated heterocycles. The zero-order valence-electron chi connectivity index (χ0n) is 9.48. The average Bonchev–Trinajstić information content (AvgIpc) is 2.38. The lowest BCUT2D eigenvalue weighted by molar-refractivity contribution is 0.0988. The highest BCUT2D eigenvalue weighted by molar-refractivity contribution is 5.96. The van der Waals surface area contributed by atoms with Gasteiger partial charge in [0, 0.05) is 24.2 Å². The molecule has 0 radical (unpaired) electrons. The maximum Gasteiger partial charge on any atom is 0.213 e. The fourth-order valence-corrected chi connectivity index (χ4v) is 1.66. The highest BCUT2D eigenvalue weighted by Crippen LogP contribution is 2.20. The highest BCUT2D eigenvalue weighted by atomic mass is 19.1. The highest BCUT2D eigenvalue weighted by Gasteiger charge is 2.05. The molecular formula is C14H12FNO. The summed E-state index contributed by atoms with van der Waals surface area (Å²) in [5.74, 6) is -0.434. The number of pyridine rings is 1. The molecule has 0 bridgehead atoms. The van der Waals surface area contributed by atoms with Crippen LogP contribution in [0.2, 0.25) is 0 Å². The van der Waals surface area contributed by atoms with Gasteiger partial charge < -0.3 is 0 Å². The Hall–Kier alpha value is -2.03. The zero-order chi connectivity index (χ0) is 12.3. The van der Waals surface area contributed by atoms with Gasteiger partial charge in [0.25, 0.3) is 0 Å². The van der Waals surface area contributed by atoms with E-state index in [1.54, 1.807) is 24.3 Å². The zero-order valence-corrected chi connectivity index (χ0v) is 9.48. The van der Waals surface area contributed by atoms with Crippen molar-refractivity contribution in [1.82, 2.24) is 4.98 Å². The first kappa shape index (κ1) is 11.5. The summed E-state index contributed by atoms with van der Waals surface area (Å²) in [5, 5.41) is 0. The van der Waals surface area contributed by atoms with E-state index in [0.717, 1.165) is 11.1 Å². The molecule has 17 heavy (non-hydrogen) atoms. The van der Waals surface area contributed by atoms with Crippen molar-refractivity contribution >= 4 is 5.78 Å². The van der Waals surface area contributed by atoms with Gasteiger partial charge in [-0.2, -0.15) is 4.39 Å². The van der Waals surface area contributed by atoms with Crippen molar-refractivity contribution in [2.45, 2.75) is 13.3 Å². The number of hydrogen-bond donors (Lipinski definition) is 0. The Labute approximate surface area is 99.1 Å². The lowest BCUT2D eigenvalue weighted by Crippen LogP contribution is -1.96. The minimum Gasteiger partial charge on any atom is -0.294 e. The van der Waals surface area contributed by atoms with Crippen LogP contribution in [-0.2, 0) is 0 Å². The summed E-state index contributed by atoms with van der Waals surface area (Å²) in [6.07, 6.45) is 1.88. The van der Waals surface area contributed by atoms with Crippen LogP contribution in [0.1, 0.15) is 23.7 Å². The second-order valence-electron chi connectivity index (χ2n) is 3.72. The van der Waals surface area contributed by atoms with Crippen LogP contribution < -0.4 is 0 Å². The van der Waals surface area contributed by atoms with Gasteiger partial charge in [-0.25, -0.2) is 4.98 Å². The number of carbonyl (C=O) groups excluding carboxylic acids is 1. The smallest absolute Gasteiger partial charge is 0.213 e. The van der Waals surface area contributed by atoms with Gasteiger partial charge in [0.1, 0.15) is 0 Å². The van der Waals surface area contributed by atoms with E-state index in [1.807, 2.05) is 13.0 Å². The van der Waals surface area contributed by atoms with Crippen LogP contribution in [0.15, 0.2) is 42.6 Å². The molecule has 1 aromatic carbocycles. The van der Waals surface area contributed by atoms with Crippen molar-refractivity contribution < 1.29 is 9.18 Å². The first-order valence-electron chi connectivity index (χ1n) is 5.46. The van der Waals surface area contributed by atoms with E-state index in [9.17, 15) is 9.18 Å². The monoisotopic (exact) mass is 229 g/mol. The lowest BCUT2D eigenvalue weighted by atomic mass is 10.0. The lowest BCUT2D eigenvalue weighted by Gasteiger charge is -2.04. The van der Waals surface area contributed by atoms with Gasteiger partial charge in [-0.15, -0.1) is 0 Å². The Balaban J connectivity index is 2.43. The summed E-state index contributed by atoms with van der Waals surface area (Å²) < 4.78 is 13.0. The van der Waals surface area contributed by atoms with Crippen LogP contribution in [-0.4, -0.2) is 10.8 Å². The molecule has 0 atom stereocenters. The van der Waals surface area contributed by atoms with Crippen LogP contribution in [0, 0.1) is 5.95 Å². The van der Waals surface area contributed by atoms with E-state index < -0.39 is 5.95 Å². The average molecular weight is 229 g/mol. The molecule has 0 aliphatic heterocycles. The van der Waals surface area contributed by atoms with E-state index in [0.29, 0.717) is 12.0 Å². The number of hydrogen-bond acceptors (Lipinski definition) is 2. The Morgan fingerprint density at radius 2 is 2.00 bits per heavy atom. The quantitative estimate of drug-likeness (QED) is 0.595. The van der Waals surface area contributed by atoms with Crippen molar-refractivity contribution in [3.8, 4) is 11.1 Å². The Morgan fingerprint density at radius 1 is 1.24 bits per heavy atom. The van der Waals surface area contributed by atoms with E-state index in [1.165, 1.54) is 12.3 Å². The number of Topliss-reactive ketones (excluding diaryl/α,β-unsaturated/α-hetero) is 1. The molecule has 0 N–H and O–H groups in total. The normalized spacial score (nSPS) is 10.2.